The van der Waals surface area contributed by atoms with Crippen molar-refractivity contribution in [3.63, 3.8) is 0 Å². The van der Waals surface area contributed by atoms with E-state index in [-0.39, 0.29) is 17.9 Å². The molecular formula is C12H18N4O. The molecule has 0 aliphatic heterocycles. The lowest BCUT2D eigenvalue weighted by molar-refractivity contribution is 0.0928. The lowest BCUT2D eigenvalue weighted by Gasteiger charge is -2.17. The van der Waals surface area contributed by atoms with Crippen molar-refractivity contribution in [3.8, 4) is 12.3 Å². The van der Waals surface area contributed by atoms with Gasteiger partial charge >= 0.3 is 0 Å². The molecule has 1 amide bonds. The third-order valence-electron chi connectivity index (χ3n) is 2.52. The molecule has 0 spiro atoms. The third-order valence-corrected chi connectivity index (χ3v) is 2.52. The molecule has 0 saturated heterocycles. The van der Waals surface area contributed by atoms with Crippen LogP contribution in [0.2, 0.25) is 0 Å². The number of terminal acetylenes is 1. The Hall–Kier alpha value is -1.96. The quantitative estimate of drug-likeness (QED) is 0.759. The number of anilines is 1. The zero-order valence-electron chi connectivity index (χ0n) is 10.4. The van der Waals surface area contributed by atoms with E-state index < -0.39 is 0 Å². The summed E-state index contributed by atoms with van der Waals surface area (Å²) in [5.41, 5.74) is 6.45. The number of carbonyl (C=O) groups excluding carboxylic acids is 1. The largest absolute Gasteiger partial charge is 0.396 e. The molecule has 1 heterocycles. The molecule has 3 N–H and O–H groups in total. The molecule has 0 aliphatic carbocycles. The van der Waals surface area contributed by atoms with Crippen molar-refractivity contribution in [2.75, 3.05) is 5.73 Å². The van der Waals surface area contributed by atoms with E-state index >= 15 is 0 Å². The van der Waals surface area contributed by atoms with E-state index in [4.69, 9.17) is 12.2 Å². The number of nitrogens with one attached hydrogen (secondary N) is 1. The maximum absolute atomic E-state index is 12.0. The zero-order valence-corrected chi connectivity index (χ0v) is 10.4. The molecule has 17 heavy (non-hydrogen) atoms. The SMILES string of the molecule is C#CC(NC(=O)c1c(N)cnn1CC)C(C)C. The molecule has 1 aromatic rings. The normalized spacial score (nSPS) is 12.2. The highest BCUT2D eigenvalue weighted by molar-refractivity contribution is 5.97. The van der Waals surface area contributed by atoms with Gasteiger partial charge < -0.3 is 11.1 Å². The van der Waals surface area contributed by atoms with Crippen LogP contribution in [-0.4, -0.2) is 21.7 Å². The number of hydrogen-bond donors (Lipinski definition) is 2. The molecule has 0 saturated carbocycles. The molecule has 0 radical (unpaired) electrons. The summed E-state index contributed by atoms with van der Waals surface area (Å²) in [6.45, 7) is 6.38. The van der Waals surface area contributed by atoms with Crippen LogP contribution >= 0.6 is 0 Å². The van der Waals surface area contributed by atoms with Crippen molar-refractivity contribution >= 4 is 11.6 Å². The van der Waals surface area contributed by atoms with Crippen LogP contribution in [-0.2, 0) is 6.54 Å². The highest BCUT2D eigenvalue weighted by atomic mass is 16.2. The lowest BCUT2D eigenvalue weighted by Crippen LogP contribution is -2.38. The van der Waals surface area contributed by atoms with E-state index in [0.29, 0.717) is 17.9 Å². The second kappa shape index (κ2) is 5.39. The Balaban J connectivity index is 2.90. The van der Waals surface area contributed by atoms with Gasteiger partial charge in [-0.15, -0.1) is 6.42 Å². The van der Waals surface area contributed by atoms with E-state index in [0.717, 1.165) is 0 Å². The number of amides is 1. The Labute approximate surface area is 101 Å². The minimum Gasteiger partial charge on any atom is -0.396 e. The van der Waals surface area contributed by atoms with Crippen molar-refractivity contribution in [1.29, 1.82) is 0 Å². The lowest BCUT2D eigenvalue weighted by atomic mass is 10.1. The first-order valence-electron chi connectivity index (χ1n) is 5.59. The molecule has 5 heteroatoms. The minimum absolute atomic E-state index is 0.170. The zero-order chi connectivity index (χ0) is 13.0. The number of nitrogens with two attached hydrogens (primary N) is 1. The van der Waals surface area contributed by atoms with Crippen LogP contribution in [0.1, 0.15) is 31.3 Å². The van der Waals surface area contributed by atoms with Crippen LogP contribution in [0.25, 0.3) is 0 Å². The summed E-state index contributed by atoms with van der Waals surface area (Å²) in [4.78, 5) is 12.0. The molecule has 5 nitrogen and oxygen atoms in total. The first-order chi connectivity index (χ1) is 8.01. The summed E-state index contributed by atoms with van der Waals surface area (Å²) < 4.78 is 1.55. The molecule has 0 fully saturated rings. The van der Waals surface area contributed by atoms with Crippen LogP contribution in [0.5, 0.6) is 0 Å². The number of aromatic nitrogens is 2. The van der Waals surface area contributed by atoms with Gasteiger partial charge in [-0.2, -0.15) is 5.10 Å². The molecule has 0 bridgehead atoms. The van der Waals surface area contributed by atoms with Gasteiger partial charge in [-0.1, -0.05) is 19.8 Å². The molecule has 0 aliphatic rings. The average Bonchev–Trinajstić information content (AvgIpc) is 2.66. The van der Waals surface area contributed by atoms with Gasteiger partial charge in [0.05, 0.1) is 17.9 Å². The first-order valence-corrected chi connectivity index (χ1v) is 5.59. The number of aryl methyl sites for hydroxylation is 1. The van der Waals surface area contributed by atoms with Gasteiger partial charge in [0.2, 0.25) is 0 Å². The predicted octanol–water partition coefficient (Wildman–Crippen LogP) is 0.873. The summed E-state index contributed by atoms with van der Waals surface area (Å²) in [5.74, 6) is 2.44. The monoisotopic (exact) mass is 234 g/mol. The summed E-state index contributed by atoms with van der Waals surface area (Å²) in [5, 5.41) is 6.78. The Morgan fingerprint density at radius 2 is 2.35 bits per heavy atom. The predicted molar refractivity (Wildman–Crippen MR) is 67.2 cm³/mol. The molecule has 92 valence electrons. The van der Waals surface area contributed by atoms with Gasteiger partial charge in [-0.3, -0.25) is 9.48 Å². The molecule has 1 unspecified atom stereocenters. The molecule has 1 atom stereocenters. The van der Waals surface area contributed by atoms with Gasteiger partial charge in [-0.05, 0) is 12.8 Å². The summed E-state index contributed by atoms with van der Waals surface area (Å²) in [6.07, 6.45) is 6.84. The number of carbonyl (C=O) groups is 1. The molecule has 1 aromatic heterocycles. The highest BCUT2D eigenvalue weighted by Gasteiger charge is 2.20. The van der Waals surface area contributed by atoms with Crippen molar-refractivity contribution in [1.82, 2.24) is 15.1 Å². The summed E-state index contributed by atoms with van der Waals surface area (Å²) >= 11 is 0. The second-order valence-corrected chi connectivity index (χ2v) is 4.13. The Kier molecular flexibility index (Phi) is 4.16. The average molecular weight is 234 g/mol. The van der Waals surface area contributed by atoms with E-state index in [2.05, 4.69) is 16.3 Å². The maximum atomic E-state index is 12.0. The summed E-state index contributed by atoms with van der Waals surface area (Å²) in [7, 11) is 0. The number of rotatable bonds is 4. The van der Waals surface area contributed by atoms with Crippen molar-refractivity contribution in [2.24, 2.45) is 5.92 Å². The number of hydrogen-bond acceptors (Lipinski definition) is 3. The Morgan fingerprint density at radius 1 is 1.71 bits per heavy atom. The van der Waals surface area contributed by atoms with E-state index in [1.807, 2.05) is 20.8 Å². The van der Waals surface area contributed by atoms with Gasteiger partial charge in [0.15, 0.2) is 0 Å². The van der Waals surface area contributed by atoms with E-state index in [1.165, 1.54) is 6.20 Å². The highest BCUT2D eigenvalue weighted by Crippen LogP contribution is 2.11. The molecule has 1 rings (SSSR count). The van der Waals surface area contributed by atoms with Gasteiger partial charge in [-0.25, -0.2) is 0 Å². The second-order valence-electron chi connectivity index (χ2n) is 4.13. The van der Waals surface area contributed by atoms with E-state index in [9.17, 15) is 4.79 Å². The third kappa shape index (κ3) is 2.78. The topological polar surface area (TPSA) is 72.9 Å². The molecular weight excluding hydrogens is 216 g/mol. The van der Waals surface area contributed by atoms with Crippen molar-refractivity contribution < 1.29 is 4.79 Å². The standard InChI is InChI=1S/C12H18N4O/c1-5-10(8(3)4)15-12(17)11-9(13)7-14-16(11)6-2/h1,7-8,10H,6,13H2,2-4H3,(H,15,17). The van der Waals surface area contributed by atoms with Crippen molar-refractivity contribution in [3.05, 3.63) is 11.9 Å². The Morgan fingerprint density at radius 3 is 2.82 bits per heavy atom. The smallest absolute Gasteiger partial charge is 0.272 e. The van der Waals surface area contributed by atoms with Crippen LogP contribution in [0.3, 0.4) is 0 Å². The fraction of sp³-hybridized carbons (Fsp3) is 0.500. The summed E-state index contributed by atoms with van der Waals surface area (Å²) in [6, 6.07) is -0.304. The van der Waals surface area contributed by atoms with Crippen LogP contribution in [0.15, 0.2) is 6.20 Å². The fourth-order valence-electron chi connectivity index (χ4n) is 1.50. The van der Waals surface area contributed by atoms with Crippen molar-refractivity contribution in [2.45, 2.75) is 33.4 Å². The van der Waals surface area contributed by atoms with E-state index in [1.54, 1.807) is 4.68 Å². The molecule has 0 aromatic carbocycles. The minimum atomic E-state index is -0.304. The van der Waals surface area contributed by atoms with Gasteiger partial charge in [0, 0.05) is 6.54 Å². The van der Waals surface area contributed by atoms with Crippen LogP contribution in [0.4, 0.5) is 5.69 Å². The van der Waals surface area contributed by atoms with Gasteiger partial charge in [0.25, 0.3) is 5.91 Å². The fourth-order valence-corrected chi connectivity index (χ4v) is 1.50. The number of nitrogens with zero attached hydrogens (tertiary/aromatic N) is 2. The van der Waals surface area contributed by atoms with Crippen LogP contribution in [0, 0.1) is 18.3 Å². The van der Waals surface area contributed by atoms with Crippen LogP contribution < -0.4 is 11.1 Å². The number of nitrogen functional groups attached to an aromatic ring is 1. The van der Waals surface area contributed by atoms with Gasteiger partial charge in [0.1, 0.15) is 5.69 Å². The Bertz CT molecular complexity index is 442. The maximum Gasteiger partial charge on any atom is 0.272 e. The first kappa shape index (κ1) is 13.1.